The van der Waals surface area contributed by atoms with Gasteiger partial charge >= 0.3 is 0 Å². The Labute approximate surface area is 194 Å². The number of rotatable bonds is 9. The number of amides is 2. The van der Waals surface area contributed by atoms with Gasteiger partial charge in [0.1, 0.15) is 0 Å². The van der Waals surface area contributed by atoms with Crippen molar-refractivity contribution >= 4 is 29.1 Å². The SMILES string of the molecule is CC(C)CCNC(=O)c1ccccc1Nc1ccc(C(=O)N(c2ncccn2)C2CC2)cc1. The Kier molecular flexibility index (Phi) is 6.98. The van der Waals surface area contributed by atoms with Gasteiger partial charge in [0.05, 0.1) is 11.3 Å². The highest BCUT2D eigenvalue weighted by atomic mass is 16.2. The minimum atomic E-state index is -0.111. The van der Waals surface area contributed by atoms with E-state index in [1.165, 1.54) is 0 Å². The predicted octanol–water partition coefficient (Wildman–Crippen LogP) is 4.81. The fourth-order valence-electron chi connectivity index (χ4n) is 3.52. The lowest BCUT2D eigenvalue weighted by atomic mass is 10.1. The lowest BCUT2D eigenvalue weighted by molar-refractivity contribution is 0.0951. The number of para-hydroxylation sites is 1. The molecule has 0 radical (unpaired) electrons. The average molecular weight is 444 g/mol. The molecule has 1 heterocycles. The van der Waals surface area contributed by atoms with E-state index >= 15 is 0 Å². The number of carbonyl (C=O) groups is 2. The normalized spacial score (nSPS) is 12.9. The van der Waals surface area contributed by atoms with Gasteiger partial charge in [-0.05, 0) is 67.6 Å². The molecule has 33 heavy (non-hydrogen) atoms. The maximum atomic E-state index is 13.2. The third kappa shape index (κ3) is 5.74. The van der Waals surface area contributed by atoms with Crippen molar-refractivity contribution in [2.45, 2.75) is 39.2 Å². The van der Waals surface area contributed by atoms with Crippen LogP contribution in [0.3, 0.4) is 0 Å². The zero-order valence-corrected chi connectivity index (χ0v) is 19.0. The molecule has 4 rings (SSSR count). The van der Waals surface area contributed by atoms with E-state index < -0.39 is 0 Å². The first-order valence-corrected chi connectivity index (χ1v) is 11.4. The molecule has 2 amide bonds. The van der Waals surface area contributed by atoms with Crippen LogP contribution in [0.2, 0.25) is 0 Å². The van der Waals surface area contributed by atoms with Crippen molar-refractivity contribution < 1.29 is 9.59 Å². The third-order valence-corrected chi connectivity index (χ3v) is 5.49. The minimum absolute atomic E-state index is 0.103. The maximum Gasteiger partial charge on any atom is 0.260 e. The van der Waals surface area contributed by atoms with E-state index in [0.29, 0.717) is 29.5 Å². The second-order valence-corrected chi connectivity index (χ2v) is 8.64. The number of anilines is 3. The summed E-state index contributed by atoms with van der Waals surface area (Å²) in [5.74, 6) is 0.752. The molecule has 3 aromatic rings. The topological polar surface area (TPSA) is 87.2 Å². The number of hydrogen-bond acceptors (Lipinski definition) is 5. The summed E-state index contributed by atoms with van der Waals surface area (Å²) in [6.45, 7) is 4.91. The van der Waals surface area contributed by atoms with Gasteiger partial charge in [-0.2, -0.15) is 0 Å². The molecular weight excluding hydrogens is 414 g/mol. The van der Waals surface area contributed by atoms with Crippen LogP contribution in [0.4, 0.5) is 17.3 Å². The van der Waals surface area contributed by atoms with Crippen LogP contribution in [0.1, 0.15) is 53.8 Å². The van der Waals surface area contributed by atoms with Crippen molar-refractivity contribution in [1.82, 2.24) is 15.3 Å². The Bertz CT molecular complexity index is 1100. The first-order chi connectivity index (χ1) is 16.0. The van der Waals surface area contributed by atoms with Crippen molar-refractivity contribution in [2.24, 2.45) is 5.92 Å². The van der Waals surface area contributed by atoms with Gasteiger partial charge in [0.15, 0.2) is 0 Å². The van der Waals surface area contributed by atoms with Gasteiger partial charge in [0, 0.05) is 36.2 Å². The van der Waals surface area contributed by atoms with Crippen molar-refractivity contribution in [3.8, 4) is 0 Å². The van der Waals surface area contributed by atoms with Gasteiger partial charge in [-0.1, -0.05) is 26.0 Å². The van der Waals surface area contributed by atoms with Gasteiger partial charge in [0.2, 0.25) is 5.95 Å². The summed E-state index contributed by atoms with van der Waals surface area (Å²) in [7, 11) is 0. The van der Waals surface area contributed by atoms with Crippen LogP contribution < -0.4 is 15.5 Å². The highest BCUT2D eigenvalue weighted by Crippen LogP contribution is 2.31. The lowest BCUT2D eigenvalue weighted by Gasteiger charge is -2.20. The van der Waals surface area contributed by atoms with Gasteiger partial charge in [-0.15, -0.1) is 0 Å². The number of nitrogens with one attached hydrogen (secondary N) is 2. The Hall–Kier alpha value is -3.74. The van der Waals surface area contributed by atoms with Gasteiger partial charge in [0.25, 0.3) is 11.8 Å². The van der Waals surface area contributed by atoms with E-state index in [4.69, 9.17) is 0 Å². The molecule has 1 aromatic heterocycles. The van der Waals surface area contributed by atoms with Crippen LogP contribution in [0.25, 0.3) is 0 Å². The molecule has 0 bridgehead atoms. The summed E-state index contributed by atoms with van der Waals surface area (Å²) in [6, 6.07) is 16.6. The molecule has 1 aliphatic rings. The second-order valence-electron chi connectivity index (χ2n) is 8.64. The maximum absolute atomic E-state index is 13.2. The molecule has 7 nitrogen and oxygen atoms in total. The third-order valence-electron chi connectivity index (χ3n) is 5.49. The molecule has 1 fully saturated rings. The number of aromatic nitrogens is 2. The van der Waals surface area contributed by atoms with E-state index in [0.717, 1.165) is 30.6 Å². The fourth-order valence-corrected chi connectivity index (χ4v) is 3.52. The fraction of sp³-hybridized carbons (Fsp3) is 0.308. The first kappa shape index (κ1) is 22.5. The summed E-state index contributed by atoms with van der Waals surface area (Å²) >= 11 is 0. The standard InChI is InChI=1S/C26H29N5O2/c1-18(2)14-17-27-24(32)22-6-3-4-7-23(22)30-20-10-8-19(9-11-20)25(33)31(21-12-13-21)26-28-15-5-16-29-26/h3-11,15-16,18,21,30H,12-14,17H2,1-2H3,(H,27,32). The molecule has 0 saturated heterocycles. The second kappa shape index (κ2) is 10.3. The molecule has 2 N–H and O–H groups in total. The molecule has 0 aliphatic heterocycles. The summed E-state index contributed by atoms with van der Waals surface area (Å²) in [4.78, 5) is 36.0. The largest absolute Gasteiger partial charge is 0.355 e. The number of nitrogens with zero attached hydrogens (tertiary/aromatic N) is 3. The molecule has 2 aromatic carbocycles. The highest BCUT2D eigenvalue weighted by molar-refractivity contribution is 6.06. The van der Waals surface area contributed by atoms with Crippen LogP contribution in [-0.2, 0) is 0 Å². The van der Waals surface area contributed by atoms with Crippen molar-refractivity contribution in [2.75, 3.05) is 16.8 Å². The van der Waals surface area contributed by atoms with E-state index in [1.807, 2.05) is 30.3 Å². The van der Waals surface area contributed by atoms with Crippen LogP contribution in [0.15, 0.2) is 67.0 Å². The number of carbonyl (C=O) groups excluding carboxylic acids is 2. The molecule has 0 atom stereocenters. The summed E-state index contributed by atoms with van der Waals surface area (Å²) in [5, 5.41) is 6.29. The molecule has 0 unspecified atom stereocenters. The van der Waals surface area contributed by atoms with Crippen molar-refractivity contribution in [1.29, 1.82) is 0 Å². The molecule has 170 valence electrons. The zero-order valence-electron chi connectivity index (χ0n) is 19.0. The molecule has 7 heteroatoms. The van der Waals surface area contributed by atoms with E-state index in [1.54, 1.807) is 41.6 Å². The summed E-state index contributed by atoms with van der Waals surface area (Å²) in [6.07, 6.45) is 6.14. The quantitative estimate of drug-likeness (QED) is 0.496. The van der Waals surface area contributed by atoms with Crippen LogP contribution in [-0.4, -0.2) is 34.4 Å². The Morgan fingerprint density at radius 3 is 2.36 bits per heavy atom. The van der Waals surface area contributed by atoms with Crippen molar-refractivity contribution in [3.05, 3.63) is 78.1 Å². The summed E-state index contributed by atoms with van der Waals surface area (Å²) < 4.78 is 0. The number of benzene rings is 2. The van der Waals surface area contributed by atoms with E-state index in [9.17, 15) is 9.59 Å². The molecule has 0 spiro atoms. The van der Waals surface area contributed by atoms with Gasteiger partial charge < -0.3 is 10.6 Å². The summed E-state index contributed by atoms with van der Waals surface area (Å²) in [5.41, 5.74) is 2.67. The zero-order chi connectivity index (χ0) is 23.2. The Morgan fingerprint density at radius 1 is 1.00 bits per heavy atom. The monoisotopic (exact) mass is 443 g/mol. The minimum Gasteiger partial charge on any atom is -0.355 e. The van der Waals surface area contributed by atoms with Gasteiger partial charge in [-0.25, -0.2) is 9.97 Å². The van der Waals surface area contributed by atoms with Gasteiger partial charge in [-0.3, -0.25) is 14.5 Å². The number of hydrogen-bond donors (Lipinski definition) is 2. The Morgan fingerprint density at radius 2 is 1.70 bits per heavy atom. The van der Waals surface area contributed by atoms with Crippen LogP contribution in [0, 0.1) is 5.92 Å². The molecule has 1 aliphatic carbocycles. The van der Waals surface area contributed by atoms with E-state index in [-0.39, 0.29) is 17.9 Å². The lowest BCUT2D eigenvalue weighted by Crippen LogP contribution is -2.34. The van der Waals surface area contributed by atoms with Crippen LogP contribution in [0.5, 0.6) is 0 Å². The molecule has 1 saturated carbocycles. The predicted molar refractivity (Wildman–Crippen MR) is 130 cm³/mol. The smallest absolute Gasteiger partial charge is 0.260 e. The highest BCUT2D eigenvalue weighted by Gasteiger charge is 2.35. The van der Waals surface area contributed by atoms with Crippen LogP contribution >= 0.6 is 0 Å². The Balaban J connectivity index is 1.46. The van der Waals surface area contributed by atoms with E-state index in [2.05, 4.69) is 34.4 Å². The average Bonchev–Trinajstić information content (AvgIpc) is 3.65. The van der Waals surface area contributed by atoms with Crippen molar-refractivity contribution in [3.63, 3.8) is 0 Å². The molecular formula is C26H29N5O2. The first-order valence-electron chi connectivity index (χ1n) is 11.4.